The molecule has 0 aliphatic carbocycles. The fraction of sp³-hybridized carbons (Fsp3) is 0.261. The van der Waals surface area contributed by atoms with Gasteiger partial charge in [0.15, 0.2) is 5.13 Å². The van der Waals surface area contributed by atoms with Crippen LogP contribution in [0.25, 0.3) is 21.1 Å². The van der Waals surface area contributed by atoms with E-state index in [4.69, 9.17) is 5.73 Å². The van der Waals surface area contributed by atoms with E-state index < -0.39 is 6.04 Å². The van der Waals surface area contributed by atoms with Crippen LogP contribution in [0.4, 0.5) is 5.13 Å². The van der Waals surface area contributed by atoms with Gasteiger partial charge in [0.05, 0.1) is 16.3 Å². The molecule has 0 unspecified atom stereocenters. The lowest BCUT2D eigenvalue weighted by Crippen LogP contribution is -2.42. The minimum Gasteiger partial charge on any atom is -0.361 e. The lowest BCUT2D eigenvalue weighted by atomic mass is 10.1. The third-order valence-electron chi connectivity index (χ3n) is 5.12. The van der Waals surface area contributed by atoms with Crippen LogP contribution in [0, 0.1) is 6.92 Å². The maximum atomic E-state index is 12.3. The lowest BCUT2D eigenvalue weighted by molar-refractivity contribution is -0.122. The Kier molecular flexibility index (Phi) is 6.29. The number of fused-ring (bicyclic) bond motifs is 2. The summed E-state index contributed by atoms with van der Waals surface area (Å²) in [5.74, 6) is -0.333. The highest BCUT2D eigenvalue weighted by atomic mass is 32.1. The van der Waals surface area contributed by atoms with E-state index in [0.29, 0.717) is 30.9 Å². The van der Waals surface area contributed by atoms with Gasteiger partial charge in [0.1, 0.15) is 0 Å². The first-order valence-electron chi connectivity index (χ1n) is 10.2. The zero-order valence-electron chi connectivity index (χ0n) is 17.3. The molecule has 2 aromatic heterocycles. The Balaban J connectivity index is 1.20. The van der Waals surface area contributed by atoms with Gasteiger partial charge in [-0.3, -0.25) is 9.59 Å². The Hall–Kier alpha value is -3.23. The molecule has 2 heterocycles. The molecular weight excluding hydrogens is 410 g/mol. The lowest BCUT2D eigenvalue weighted by Gasteiger charge is -2.12. The van der Waals surface area contributed by atoms with Crippen molar-refractivity contribution in [2.75, 3.05) is 11.9 Å². The highest BCUT2D eigenvalue weighted by Gasteiger charge is 2.16. The minimum atomic E-state index is -0.640. The topological polar surface area (TPSA) is 113 Å². The molecule has 4 rings (SSSR count). The third-order valence-corrected chi connectivity index (χ3v) is 6.06. The molecule has 5 N–H and O–H groups in total. The quantitative estimate of drug-likeness (QED) is 0.317. The van der Waals surface area contributed by atoms with Crippen molar-refractivity contribution in [3.05, 3.63) is 59.8 Å². The molecule has 0 radical (unpaired) electrons. The molecule has 2 aromatic carbocycles. The van der Waals surface area contributed by atoms with E-state index in [1.807, 2.05) is 49.5 Å². The maximum absolute atomic E-state index is 12.3. The first-order chi connectivity index (χ1) is 15.0. The Morgan fingerprint density at radius 1 is 1.23 bits per heavy atom. The smallest absolute Gasteiger partial charge is 0.237 e. The number of thiazole rings is 1. The number of aromatic amines is 1. The zero-order chi connectivity index (χ0) is 21.8. The Labute approximate surface area is 184 Å². The van der Waals surface area contributed by atoms with Gasteiger partial charge >= 0.3 is 0 Å². The SMILES string of the molecule is Cc1ccc2nc(NC(=O)CCCNC(=O)[C@@H](N)Cc3c[nH]c4ccccc34)sc2c1. The van der Waals surface area contributed by atoms with Gasteiger partial charge in [-0.25, -0.2) is 4.98 Å². The number of aromatic nitrogens is 2. The van der Waals surface area contributed by atoms with Crippen molar-refractivity contribution >= 4 is 49.4 Å². The fourth-order valence-electron chi connectivity index (χ4n) is 3.49. The van der Waals surface area contributed by atoms with Crippen molar-refractivity contribution in [1.29, 1.82) is 0 Å². The Morgan fingerprint density at radius 3 is 2.94 bits per heavy atom. The van der Waals surface area contributed by atoms with Gasteiger partial charge in [-0.05, 0) is 49.1 Å². The number of H-pyrrole nitrogens is 1. The van der Waals surface area contributed by atoms with E-state index in [1.54, 1.807) is 0 Å². The maximum Gasteiger partial charge on any atom is 0.237 e. The van der Waals surface area contributed by atoms with Crippen LogP contribution < -0.4 is 16.4 Å². The molecule has 7 nitrogen and oxygen atoms in total. The summed E-state index contributed by atoms with van der Waals surface area (Å²) in [4.78, 5) is 32.1. The van der Waals surface area contributed by atoms with Gasteiger partial charge in [0.25, 0.3) is 0 Å². The molecule has 8 heteroatoms. The number of rotatable bonds is 8. The summed E-state index contributed by atoms with van der Waals surface area (Å²) in [7, 11) is 0. The Bertz CT molecular complexity index is 1230. The second-order valence-corrected chi connectivity index (χ2v) is 8.63. The monoisotopic (exact) mass is 435 g/mol. The molecule has 0 saturated heterocycles. The van der Waals surface area contributed by atoms with Gasteiger partial charge in [-0.15, -0.1) is 0 Å². The summed E-state index contributed by atoms with van der Waals surface area (Å²) in [6, 6.07) is 13.3. The number of anilines is 1. The van der Waals surface area contributed by atoms with Crippen molar-refractivity contribution in [2.45, 2.75) is 32.2 Å². The summed E-state index contributed by atoms with van der Waals surface area (Å²) in [6.45, 7) is 2.42. The van der Waals surface area contributed by atoms with Crippen molar-refractivity contribution in [3.63, 3.8) is 0 Å². The van der Waals surface area contributed by atoms with E-state index in [1.165, 1.54) is 11.3 Å². The molecule has 1 atom stereocenters. The number of benzene rings is 2. The third kappa shape index (κ3) is 5.10. The average molecular weight is 436 g/mol. The Morgan fingerprint density at radius 2 is 2.06 bits per heavy atom. The number of para-hydroxylation sites is 1. The van der Waals surface area contributed by atoms with Crippen molar-refractivity contribution in [1.82, 2.24) is 15.3 Å². The van der Waals surface area contributed by atoms with Gasteiger partial charge in [0, 0.05) is 30.1 Å². The summed E-state index contributed by atoms with van der Waals surface area (Å²) in [5.41, 5.74) is 10.2. The van der Waals surface area contributed by atoms with E-state index in [2.05, 4.69) is 26.7 Å². The van der Waals surface area contributed by atoms with Crippen LogP contribution in [-0.2, 0) is 16.0 Å². The molecule has 0 fully saturated rings. The van der Waals surface area contributed by atoms with E-state index >= 15 is 0 Å². The van der Waals surface area contributed by atoms with Crippen LogP contribution in [0.1, 0.15) is 24.0 Å². The summed E-state index contributed by atoms with van der Waals surface area (Å²) in [6.07, 6.45) is 3.17. The van der Waals surface area contributed by atoms with E-state index in [9.17, 15) is 9.59 Å². The zero-order valence-corrected chi connectivity index (χ0v) is 18.1. The van der Waals surface area contributed by atoms with Crippen molar-refractivity contribution < 1.29 is 9.59 Å². The number of amides is 2. The first-order valence-corrected chi connectivity index (χ1v) is 11.1. The number of carbonyl (C=O) groups excluding carboxylic acids is 2. The minimum absolute atomic E-state index is 0.117. The molecule has 0 bridgehead atoms. The van der Waals surface area contributed by atoms with Crippen LogP contribution in [0.3, 0.4) is 0 Å². The second kappa shape index (κ2) is 9.28. The molecule has 0 spiro atoms. The summed E-state index contributed by atoms with van der Waals surface area (Å²) >= 11 is 1.46. The average Bonchev–Trinajstić information content (AvgIpc) is 3.34. The summed E-state index contributed by atoms with van der Waals surface area (Å²) < 4.78 is 1.05. The van der Waals surface area contributed by atoms with Crippen LogP contribution >= 0.6 is 11.3 Å². The predicted octanol–water partition coefficient (Wildman–Crippen LogP) is 3.49. The fourth-order valence-corrected chi connectivity index (χ4v) is 4.47. The van der Waals surface area contributed by atoms with E-state index in [-0.39, 0.29) is 11.8 Å². The number of carbonyl (C=O) groups is 2. The molecule has 31 heavy (non-hydrogen) atoms. The number of nitrogens with zero attached hydrogens (tertiary/aromatic N) is 1. The molecule has 0 aliphatic rings. The largest absolute Gasteiger partial charge is 0.361 e. The number of aryl methyl sites for hydroxylation is 1. The van der Waals surface area contributed by atoms with Gasteiger partial charge in [-0.2, -0.15) is 0 Å². The highest BCUT2D eigenvalue weighted by Crippen LogP contribution is 2.26. The molecule has 160 valence electrons. The number of nitrogens with one attached hydrogen (secondary N) is 3. The number of nitrogens with two attached hydrogens (primary N) is 1. The van der Waals surface area contributed by atoms with Gasteiger partial charge < -0.3 is 21.4 Å². The van der Waals surface area contributed by atoms with E-state index in [0.717, 1.165) is 32.2 Å². The molecule has 0 aliphatic heterocycles. The molecular formula is C23H25N5O2S. The molecule has 4 aromatic rings. The summed E-state index contributed by atoms with van der Waals surface area (Å²) in [5, 5.41) is 7.33. The van der Waals surface area contributed by atoms with Crippen LogP contribution in [0.5, 0.6) is 0 Å². The standard InChI is InChI=1S/C23H25N5O2S/c1-14-8-9-19-20(11-14)31-23(27-19)28-21(29)7-4-10-25-22(30)17(24)12-15-13-26-18-6-3-2-5-16(15)18/h2-3,5-6,8-9,11,13,17,26H,4,7,10,12,24H2,1H3,(H,25,30)(H,27,28,29)/t17-/m0/s1. The normalized spacial score (nSPS) is 12.2. The first kappa shape index (κ1) is 21.0. The van der Waals surface area contributed by atoms with Gasteiger partial charge in [0.2, 0.25) is 11.8 Å². The van der Waals surface area contributed by atoms with Crippen molar-refractivity contribution in [3.8, 4) is 0 Å². The van der Waals surface area contributed by atoms with Crippen molar-refractivity contribution in [2.24, 2.45) is 5.73 Å². The number of hydrogen-bond acceptors (Lipinski definition) is 5. The predicted molar refractivity (Wildman–Crippen MR) is 125 cm³/mol. The molecule has 0 saturated carbocycles. The number of hydrogen-bond donors (Lipinski definition) is 4. The van der Waals surface area contributed by atoms with Gasteiger partial charge in [-0.1, -0.05) is 35.6 Å². The van der Waals surface area contributed by atoms with Crippen LogP contribution in [0.2, 0.25) is 0 Å². The van der Waals surface area contributed by atoms with Crippen LogP contribution in [0.15, 0.2) is 48.7 Å². The molecule has 2 amide bonds. The second-order valence-electron chi connectivity index (χ2n) is 7.60. The van der Waals surface area contributed by atoms with Crippen LogP contribution in [-0.4, -0.2) is 34.4 Å². The highest BCUT2D eigenvalue weighted by molar-refractivity contribution is 7.22.